The van der Waals surface area contributed by atoms with E-state index in [1.807, 2.05) is 91.9 Å². The number of para-hydroxylation sites is 1. The summed E-state index contributed by atoms with van der Waals surface area (Å²) in [5.74, 6) is -0.522. The second kappa shape index (κ2) is 9.94. The number of nitrogens with zero attached hydrogens (tertiary/aromatic N) is 2. The van der Waals surface area contributed by atoms with E-state index in [0.717, 1.165) is 22.5 Å². The van der Waals surface area contributed by atoms with E-state index in [0.29, 0.717) is 14.9 Å². The van der Waals surface area contributed by atoms with Crippen LogP contribution in [-0.2, 0) is 4.79 Å². The Labute approximate surface area is 195 Å². The van der Waals surface area contributed by atoms with Gasteiger partial charge in [0, 0.05) is 0 Å². The normalized spacial score (nSPS) is 13.2. The molecule has 0 unspecified atom stereocenters. The monoisotopic (exact) mass is 451 g/mol. The number of thiazole rings is 1. The van der Waals surface area contributed by atoms with Crippen molar-refractivity contribution in [1.29, 1.82) is 5.26 Å². The largest absolute Gasteiger partial charge is 0.345 e. The number of amides is 1. The third-order valence-corrected chi connectivity index (χ3v) is 6.23. The summed E-state index contributed by atoms with van der Waals surface area (Å²) in [7, 11) is 0. The van der Waals surface area contributed by atoms with E-state index in [1.165, 1.54) is 4.57 Å². The summed E-state index contributed by atoms with van der Waals surface area (Å²) in [5, 5.41) is 12.8. The molecule has 1 amide bonds. The molecular weight excluding hydrogens is 430 g/mol. The van der Waals surface area contributed by atoms with Crippen LogP contribution in [0.2, 0.25) is 0 Å². The van der Waals surface area contributed by atoms with Crippen molar-refractivity contribution in [1.82, 2.24) is 9.88 Å². The Morgan fingerprint density at radius 3 is 2.15 bits per heavy atom. The maximum Gasteiger partial charge on any atom is 0.273 e. The fraction of sp³-hybridized carbons (Fsp3) is 0.0741. The smallest absolute Gasteiger partial charge is 0.273 e. The van der Waals surface area contributed by atoms with Gasteiger partial charge >= 0.3 is 0 Å². The standard InChI is InChI=1S/C27H21N3O2S/c1-19(21-13-7-3-8-14-21)29-25(31)23(18-28)27-30(22-15-9-4-10-16-22)26(32)24(33-27)17-20-11-5-2-6-12-20/h2-17,19H,1H3,(H,29,31)/b24-17+,27-23-/t19-/m1/s1. The zero-order chi connectivity index (χ0) is 23.2. The van der Waals surface area contributed by atoms with Gasteiger partial charge in [0.25, 0.3) is 11.5 Å². The highest BCUT2D eigenvalue weighted by atomic mass is 32.1. The molecule has 0 bridgehead atoms. The first-order chi connectivity index (χ1) is 16.1. The van der Waals surface area contributed by atoms with Crippen molar-refractivity contribution in [3.63, 3.8) is 0 Å². The van der Waals surface area contributed by atoms with E-state index < -0.39 is 5.91 Å². The van der Waals surface area contributed by atoms with Crippen LogP contribution in [0.1, 0.15) is 24.1 Å². The third-order valence-electron chi connectivity index (χ3n) is 5.14. The Morgan fingerprint density at radius 1 is 0.970 bits per heavy atom. The van der Waals surface area contributed by atoms with Gasteiger partial charge in [0.15, 0.2) is 5.57 Å². The van der Waals surface area contributed by atoms with E-state index in [2.05, 4.69) is 5.32 Å². The van der Waals surface area contributed by atoms with Crippen molar-refractivity contribution >= 4 is 28.9 Å². The van der Waals surface area contributed by atoms with Crippen molar-refractivity contribution in [3.8, 4) is 11.8 Å². The van der Waals surface area contributed by atoms with Crippen molar-refractivity contribution in [2.45, 2.75) is 13.0 Å². The molecule has 162 valence electrons. The molecule has 0 spiro atoms. The zero-order valence-electron chi connectivity index (χ0n) is 17.9. The molecule has 0 saturated carbocycles. The van der Waals surface area contributed by atoms with Gasteiger partial charge in [0.2, 0.25) is 0 Å². The van der Waals surface area contributed by atoms with E-state index in [1.54, 1.807) is 18.2 Å². The maximum atomic E-state index is 13.4. The van der Waals surface area contributed by atoms with Gasteiger partial charge in [0.05, 0.1) is 16.3 Å². The molecule has 0 radical (unpaired) electrons. The van der Waals surface area contributed by atoms with Crippen molar-refractivity contribution in [2.75, 3.05) is 0 Å². The number of carbonyl (C=O) groups is 1. The SMILES string of the molecule is C[C@@H](NC(=O)/C(C#N)=c1\s/c(=C/c2ccccc2)c(=O)n1-c1ccccc1)c1ccccc1. The summed E-state index contributed by atoms with van der Waals surface area (Å²) in [4.78, 5) is 26.5. The maximum absolute atomic E-state index is 13.4. The topological polar surface area (TPSA) is 74.9 Å². The van der Waals surface area contributed by atoms with Crippen molar-refractivity contribution in [3.05, 3.63) is 122 Å². The molecule has 6 heteroatoms. The van der Waals surface area contributed by atoms with Crippen LogP contribution in [0.15, 0.2) is 95.8 Å². The first-order valence-electron chi connectivity index (χ1n) is 10.4. The summed E-state index contributed by atoms with van der Waals surface area (Å²) in [6.07, 6.45) is 1.77. The van der Waals surface area contributed by atoms with Crippen LogP contribution in [0, 0.1) is 11.3 Å². The molecule has 4 rings (SSSR count). The first-order valence-corrected chi connectivity index (χ1v) is 11.2. The van der Waals surface area contributed by atoms with E-state index >= 15 is 0 Å². The van der Waals surface area contributed by atoms with Gasteiger partial charge in [-0.05, 0) is 36.3 Å². The molecule has 0 aliphatic rings. The number of hydrogen-bond donors (Lipinski definition) is 1. The number of benzene rings is 3. The molecule has 3 aromatic carbocycles. The van der Waals surface area contributed by atoms with Crippen LogP contribution >= 0.6 is 11.3 Å². The van der Waals surface area contributed by atoms with Crippen molar-refractivity contribution < 1.29 is 4.79 Å². The minimum absolute atomic E-state index is 0.101. The molecule has 0 aliphatic carbocycles. The highest BCUT2D eigenvalue weighted by molar-refractivity contribution is 7.07. The molecule has 1 atom stereocenters. The summed E-state index contributed by atoms with van der Waals surface area (Å²) < 4.78 is 2.18. The van der Waals surface area contributed by atoms with Crippen LogP contribution in [0.4, 0.5) is 0 Å². The summed E-state index contributed by atoms with van der Waals surface area (Å²) >= 11 is 1.13. The minimum Gasteiger partial charge on any atom is -0.345 e. The molecule has 33 heavy (non-hydrogen) atoms. The highest BCUT2D eigenvalue weighted by Crippen LogP contribution is 2.12. The number of nitrogens with one attached hydrogen (secondary N) is 1. The molecular formula is C27H21N3O2S. The van der Waals surface area contributed by atoms with Crippen LogP contribution < -0.4 is 20.1 Å². The number of aromatic nitrogens is 1. The second-order valence-electron chi connectivity index (χ2n) is 7.40. The molecule has 4 aromatic rings. The van der Waals surface area contributed by atoms with Crippen LogP contribution in [0.25, 0.3) is 17.3 Å². The lowest BCUT2D eigenvalue weighted by Gasteiger charge is -2.13. The molecule has 0 aliphatic heterocycles. The van der Waals surface area contributed by atoms with Gasteiger partial charge in [-0.1, -0.05) is 78.9 Å². The van der Waals surface area contributed by atoms with E-state index in [-0.39, 0.29) is 17.2 Å². The van der Waals surface area contributed by atoms with Crippen LogP contribution in [0.5, 0.6) is 0 Å². The van der Waals surface area contributed by atoms with Crippen LogP contribution in [0.3, 0.4) is 0 Å². The molecule has 1 N–H and O–H groups in total. The fourth-order valence-electron chi connectivity index (χ4n) is 3.45. The lowest BCUT2D eigenvalue weighted by atomic mass is 10.1. The van der Waals surface area contributed by atoms with Gasteiger partial charge in [0.1, 0.15) is 10.7 Å². The second-order valence-corrected chi connectivity index (χ2v) is 8.43. The molecule has 1 heterocycles. The average Bonchev–Trinajstić information content (AvgIpc) is 3.16. The summed E-state index contributed by atoms with van der Waals surface area (Å²) in [6, 6.07) is 29.8. The van der Waals surface area contributed by atoms with Gasteiger partial charge < -0.3 is 5.32 Å². The Hall–Kier alpha value is -4.21. The van der Waals surface area contributed by atoms with Crippen molar-refractivity contribution in [2.24, 2.45) is 0 Å². The predicted molar refractivity (Wildman–Crippen MR) is 131 cm³/mol. The molecule has 1 aromatic heterocycles. The molecule has 0 fully saturated rings. The first kappa shape index (κ1) is 22.0. The Balaban J connectivity index is 1.89. The van der Waals surface area contributed by atoms with Gasteiger partial charge in [-0.2, -0.15) is 5.26 Å². The molecule has 5 nitrogen and oxygen atoms in total. The molecule has 0 saturated heterocycles. The lowest BCUT2D eigenvalue weighted by Crippen LogP contribution is -2.34. The van der Waals surface area contributed by atoms with Gasteiger partial charge in [-0.3, -0.25) is 14.2 Å². The minimum atomic E-state index is -0.522. The highest BCUT2D eigenvalue weighted by Gasteiger charge is 2.19. The Kier molecular flexibility index (Phi) is 6.63. The predicted octanol–water partition coefficient (Wildman–Crippen LogP) is 3.28. The number of nitriles is 1. The number of hydrogen-bond acceptors (Lipinski definition) is 4. The van der Waals surface area contributed by atoms with Gasteiger partial charge in [-0.25, -0.2) is 0 Å². The fourth-order valence-corrected chi connectivity index (χ4v) is 4.55. The Bertz CT molecular complexity index is 1480. The Morgan fingerprint density at radius 2 is 1.55 bits per heavy atom. The average molecular weight is 452 g/mol. The van der Waals surface area contributed by atoms with E-state index in [9.17, 15) is 14.9 Å². The van der Waals surface area contributed by atoms with Gasteiger partial charge in [-0.15, -0.1) is 11.3 Å². The summed E-state index contributed by atoms with van der Waals surface area (Å²) in [6.45, 7) is 1.86. The van der Waals surface area contributed by atoms with E-state index in [4.69, 9.17) is 0 Å². The third kappa shape index (κ3) is 4.84. The van der Waals surface area contributed by atoms with Crippen LogP contribution in [-0.4, -0.2) is 10.5 Å². The number of rotatable bonds is 5. The number of carbonyl (C=O) groups excluding carboxylic acids is 1. The quantitative estimate of drug-likeness (QED) is 0.506. The summed E-state index contributed by atoms with van der Waals surface area (Å²) in [5.41, 5.74) is 2.01. The lowest BCUT2D eigenvalue weighted by molar-refractivity contribution is -0.116. The zero-order valence-corrected chi connectivity index (χ0v) is 18.8.